The molecule has 3 heteroatoms. The van der Waals surface area contributed by atoms with Gasteiger partial charge in [-0.1, -0.05) is 54.9 Å². The largest absolute Gasteiger partial charge is 0.362 e. The molecular weight excluding hydrogens is 264 g/mol. The van der Waals surface area contributed by atoms with Crippen molar-refractivity contribution in [1.82, 2.24) is 5.32 Å². The highest BCUT2D eigenvalue weighted by atomic mass is 32.2. The van der Waals surface area contributed by atoms with Gasteiger partial charge in [0.2, 0.25) is 0 Å². The van der Waals surface area contributed by atoms with E-state index in [9.17, 15) is 0 Å². The molecule has 2 nitrogen and oxygen atoms in total. The first-order chi connectivity index (χ1) is 9.90. The van der Waals surface area contributed by atoms with Gasteiger partial charge in [0.1, 0.15) is 0 Å². The van der Waals surface area contributed by atoms with Gasteiger partial charge < -0.3 is 5.32 Å². The van der Waals surface area contributed by atoms with Crippen LogP contribution in [0.5, 0.6) is 0 Å². The van der Waals surface area contributed by atoms with Crippen LogP contribution in [0.1, 0.15) is 43.6 Å². The summed E-state index contributed by atoms with van der Waals surface area (Å²) in [6.07, 6.45) is 6.75. The van der Waals surface area contributed by atoms with Crippen LogP contribution in [0.3, 0.4) is 0 Å². The Balaban J connectivity index is 1.38. The average molecular weight is 286 g/mol. The maximum Gasteiger partial charge on any atom is 0.157 e. The van der Waals surface area contributed by atoms with Crippen LogP contribution >= 0.6 is 11.8 Å². The molecule has 0 amide bonds. The van der Waals surface area contributed by atoms with Crippen LogP contribution in [-0.4, -0.2) is 23.0 Å². The number of amidine groups is 1. The number of thioether (sulfide) groups is 1. The van der Waals surface area contributed by atoms with Crippen molar-refractivity contribution in [3.63, 3.8) is 0 Å². The second kappa shape index (κ2) is 5.44. The number of aliphatic imine (C=N–C) groups is 1. The van der Waals surface area contributed by atoms with Crippen LogP contribution in [0.25, 0.3) is 0 Å². The molecule has 1 aromatic rings. The number of benzene rings is 1. The SMILES string of the molecule is c1ccc(C2CC2NC2=NC3CCCCC3CS2)cc1. The van der Waals surface area contributed by atoms with Crippen molar-refractivity contribution in [2.75, 3.05) is 5.75 Å². The highest BCUT2D eigenvalue weighted by molar-refractivity contribution is 8.13. The van der Waals surface area contributed by atoms with Gasteiger partial charge in [0.15, 0.2) is 5.17 Å². The fourth-order valence-electron chi connectivity index (χ4n) is 3.59. The maximum atomic E-state index is 4.98. The van der Waals surface area contributed by atoms with E-state index in [2.05, 4.69) is 35.6 Å². The van der Waals surface area contributed by atoms with E-state index in [4.69, 9.17) is 4.99 Å². The van der Waals surface area contributed by atoms with E-state index < -0.39 is 0 Å². The molecule has 0 spiro atoms. The number of hydrogen-bond acceptors (Lipinski definition) is 3. The molecule has 1 N–H and O–H groups in total. The lowest BCUT2D eigenvalue weighted by Gasteiger charge is -2.32. The third-order valence-corrected chi connectivity index (χ3v) is 6.00. The van der Waals surface area contributed by atoms with Crippen LogP contribution in [0.15, 0.2) is 35.3 Å². The molecule has 106 valence electrons. The van der Waals surface area contributed by atoms with Crippen molar-refractivity contribution in [3.8, 4) is 0 Å². The summed E-state index contributed by atoms with van der Waals surface area (Å²) < 4.78 is 0. The molecule has 1 heterocycles. The Labute approximate surface area is 125 Å². The summed E-state index contributed by atoms with van der Waals surface area (Å²) in [6.45, 7) is 0. The molecule has 0 radical (unpaired) electrons. The van der Waals surface area contributed by atoms with Gasteiger partial charge in [0.25, 0.3) is 0 Å². The Bertz CT molecular complexity index is 499. The van der Waals surface area contributed by atoms with Crippen molar-refractivity contribution in [3.05, 3.63) is 35.9 Å². The Hall–Kier alpha value is -0.960. The van der Waals surface area contributed by atoms with E-state index in [0.717, 1.165) is 5.92 Å². The van der Waals surface area contributed by atoms with Gasteiger partial charge in [-0.05, 0) is 30.7 Å². The van der Waals surface area contributed by atoms with Gasteiger partial charge in [0, 0.05) is 17.7 Å². The van der Waals surface area contributed by atoms with E-state index >= 15 is 0 Å². The minimum atomic E-state index is 0.612. The molecule has 3 aliphatic rings. The summed E-state index contributed by atoms with van der Waals surface area (Å²) in [5.74, 6) is 2.83. The third kappa shape index (κ3) is 2.60. The van der Waals surface area contributed by atoms with Crippen molar-refractivity contribution in [1.29, 1.82) is 0 Å². The molecule has 0 bridgehead atoms. The van der Waals surface area contributed by atoms with Gasteiger partial charge in [-0.2, -0.15) is 0 Å². The van der Waals surface area contributed by atoms with Gasteiger partial charge >= 0.3 is 0 Å². The molecule has 1 aromatic carbocycles. The summed E-state index contributed by atoms with van der Waals surface area (Å²) in [5, 5.41) is 4.91. The lowest BCUT2D eigenvalue weighted by Crippen LogP contribution is -2.35. The first kappa shape index (κ1) is 12.8. The standard InChI is InChI=1S/C17H22N2S/c1-2-6-12(7-3-1)14-10-16(14)19-17-18-15-9-5-4-8-13(15)11-20-17/h1-3,6-7,13-16H,4-5,8-11H2,(H,18,19). The zero-order valence-corrected chi connectivity index (χ0v) is 12.6. The van der Waals surface area contributed by atoms with Crippen molar-refractivity contribution >= 4 is 16.9 Å². The van der Waals surface area contributed by atoms with Crippen molar-refractivity contribution in [2.45, 2.75) is 50.1 Å². The average Bonchev–Trinajstić information content (AvgIpc) is 3.27. The summed E-state index contributed by atoms with van der Waals surface area (Å²) in [5.41, 5.74) is 1.47. The van der Waals surface area contributed by atoms with E-state index in [0.29, 0.717) is 18.0 Å². The highest BCUT2D eigenvalue weighted by Crippen LogP contribution is 2.42. The number of rotatable bonds is 2. The van der Waals surface area contributed by atoms with E-state index in [1.54, 1.807) is 0 Å². The Morgan fingerprint density at radius 2 is 1.95 bits per heavy atom. The predicted octanol–water partition coefficient (Wildman–Crippen LogP) is 3.79. The predicted molar refractivity (Wildman–Crippen MR) is 86.4 cm³/mol. The van der Waals surface area contributed by atoms with E-state index in [-0.39, 0.29) is 0 Å². The lowest BCUT2D eigenvalue weighted by molar-refractivity contribution is 0.335. The molecule has 4 unspecified atom stereocenters. The third-order valence-electron chi connectivity index (χ3n) is 4.91. The monoisotopic (exact) mass is 286 g/mol. The topological polar surface area (TPSA) is 24.4 Å². The van der Waals surface area contributed by atoms with Crippen molar-refractivity contribution in [2.24, 2.45) is 10.9 Å². The Kier molecular flexibility index (Phi) is 3.47. The Morgan fingerprint density at radius 3 is 2.85 bits per heavy atom. The molecule has 2 aliphatic carbocycles. The first-order valence-corrected chi connectivity index (χ1v) is 8.91. The quantitative estimate of drug-likeness (QED) is 0.894. The minimum Gasteiger partial charge on any atom is -0.362 e. The summed E-state index contributed by atoms with van der Waals surface area (Å²) in [6, 6.07) is 12.1. The van der Waals surface area contributed by atoms with Gasteiger partial charge in [-0.25, -0.2) is 0 Å². The van der Waals surface area contributed by atoms with E-state index in [1.807, 2.05) is 11.8 Å². The summed E-state index contributed by atoms with van der Waals surface area (Å²) in [7, 11) is 0. The van der Waals surface area contributed by atoms with Crippen LogP contribution < -0.4 is 5.32 Å². The molecule has 0 saturated heterocycles. The lowest BCUT2D eigenvalue weighted by atomic mass is 9.86. The molecular formula is C17H22N2S. The zero-order chi connectivity index (χ0) is 13.4. The fraction of sp³-hybridized carbons (Fsp3) is 0.588. The van der Waals surface area contributed by atoms with Crippen LogP contribution in [0.2, 0.25) is 0 Å². The zero-order valence-electron chi connectivity index (χ0n) is 11.8. The fourth-order valence-corrected chi connectivity index (χ4v) is 4.79. The molecule has 4 atom stereocenters. The molecule has 2 fully saturated rings. The first-order valence-electron chi connectivity index (χ1n) is 7.92. The second-order valence-corrected chi connectivity index (χ2v) is 7.37. The van der Waals surface area contributed by atoms with Gasteiger partial charge in [-0.3, -0.25) is 4.99 Å². The number of hydrogen-bond donors (Lipinski definition) is 1. The molecule has 20 heavy (non-hydrogen) atoms. The molecule has 1 aliphatic heterocycles. The maximum absolute atomic E-state index is 4.98. The normalized spacial score (nSPS) is 35.9. The summed E-state index contributed by atoms with van der Waals surface area (Å²) in [4.78, 5) is 4.98. The van der Waals surface area contributed by atoms with Gasteiger partial charge in [-0.15, -0.1) is 0 Å². The Morgan fingerprint density at radius 1 is 1.10 bits per heavy atom. The van der Waals surface area contributed by atoms with Crippen LogP contribution in [-0.2, 0) is 0 Å². The van der Waals surface area contributed by atoms with Crippen LogP contribution in [0.4, 0.5) is 0 Å². The molecule has 4 rings (SSSR count). The number of nitrogens with one attached hydrogen (secondary N) is 1. The van der Waals surface area contributed by atoms with Gasteiger partial charge in [0.05, 0.1) is 6.04 Å². The minimum absolute atomic E-state index is 0.612. The molecule has 0 aromatic heterocycles. The van der Waals surface area contributed by atoms with Crippen LogP contribution in [0, 0.1) is 5.92 Å². The number of nitrogens with zero attached hydrogens (tertiary/aromatic N) is 1. The second-order valence-electron chi connectivity index (χ2n) is 6.36. The number of fused-ring (bicyclic) bond motifs is 1. The smallest absolute Gasteiger partial charge is 0.157 e. The molecule has 2 saturated carbocycles. The van der Waals surface area contributed by atoms with E-state index in [1.165, 1.54) is 48.6 Å². The highest BCUT2D eigenvalue weighted by Gasteiger charge is 2.40. The van der Waals surface area contributed by atoms with Crippen molar-refractivity contribution < 1.29 is 0 Å². The summed E-state index contributed by atoms with van der Waals surface area (Å²) >= 11 is 1.95.